The average Bonchev–Trinajstić information content (AvgIpc) is 2.67. The van der Waals surface area contributed by atoms with Crippen molar-refractivity contribution < 1.29 is 10.2 Å². The molecule has 3 nitrogen and oxygen atoms in total. The second kappa shape index (κ2) is 4.10. The largest absolute Gasteiger partial charge is 0.363 e. The fourth-order valence-corrected chi connectivity index (χ4v) is 2.26. The highest BCUT2D eigenvalue weighted by molar-refractivity contribution is 7.13. The van der Waals surface area contributed by atoms with Crippen molar-refractivity contribution in [2.75, 3.05) is 0 Å². The van der Waals surface area contributed by atoms with Crippen molar-refractivity contribution in [1.29, 1.82) is 0 Å². The summed E-state index contributed by atoms with van der Waals surface area (Å²) in [5, 5.41) is 20.4. The molecule has 0 radical (unpaired) electrons. The van der Waals surface area contributed by atoms with Gasteiger partial charge >= 0.3 is 0 Å². The summed E-state index contributed by atoms with van der Waals surface area (Å²) in [6.07, 6.45) is -1.49. The molecule has 0 saturated carbocycles. The highest BCUT2D eigenvalue weighted by Gasteiger charge is 2.10. The van der Waals surface area contributed by atoms with Crippen LogP contribution in [0.25, 0.3) is 10.6 Å². The number of benzene rings is 1. The van der Waals surface area contributed by atoms with E-state index >= 15 is 0 Å². The molecule has 0 aliphatic heterocycles. The summed E-state index contributed by atoms with van der Waals surface area (Å²) in [5.74, 6) is 0. The van der Waals surface area contributed by atoms with Gasteiger partial charge in [-0.15, -0.1) is 11.3 Å². The van der Waals surface area contributed by atoms with E-state index in [4.69, 9.17) is 10.2 Å². The van der Waals surface area contributed by atoms with Crippen molar-refractivity contribution in [2.45, 2.75) is 13.2 Å². The lowest BCUT2D eigenvalue weighted by atomic mass is 10.1. The molecular weight excluding hydrogens is 210 g/mol. The van der Waals surface area contributed by atoms with E-state index in [1.54, 1.807) is 5.38 Å². The molecular formula is C11H11NO2S. The minimum atomic E-state index is -1.49. The lowest BCUT2D eigenvalue weighted by Crippen LogP contribution is -1.94. The van der Waals surface area contributed by atoms with Crippen LogP contribution in [-0.4, -0.2) is 15.2 Å². The molecule has 2 rings (SSSR count). The number of thiazole rings is 1. The number of aliphatic hydroxyl groups is 2. The van der Waals surface area contributed by atoms with Crippen LogP contribution in [-0.2, 0) is 0 Å². The van der Waals surface area contributed by atoms with Crippen molar-refractivity contribution in [3.05, 3.63) is 40.9 Å². The fraction of sp³-hybridized carbons (Fsp3) is 0.182. The number of rotatable bonds is 2. The maximum Gasteiger partial charge on any atom is 0.196 e. The first-order chi connectivity index (χ1) is 7.18. The summed E-state index contributed by atoms with van der Waals surface area (Å²) in [5.41, 5.74) is 2.47. The maximum atomic E-state index is 8.95. The molecule has 15 heavy (non-hydrogen) atoms. The van der Waals surface area contributed by atoms with E-state index in [1.807, 2.05) is 31.2 Å². The van der Waals surface area contributed by atoms with E-state index in [1.165, 1.54) is 11.3 Å². The summed E-state index contributed by atoms with van der Waals surface area (Å²) in [7, 11) is 0. The van der Waals surface area contributed by atoms with E-state index in [9.17, 15) is 0 Å². The van der Waals surface area contributed by atoms with E-state index in [0.717, 1.165) is 16.1 Å². The van der Waals surface area contributed by atoms with Crippen LogP contribution in [0.3, 0.4) is 0 Å². The molecule has 1 heterocycles. The standard InChI is InChI=1S/C11H11NO2S/c1-7-4-2-3-5-8(7)10-12-9(6-15-10)11(13)14/h2-6,11,13-14H,1H3. The Hall–Kier alpha value is -1.23. The molecule has 0 bridgehead atoms. The summed E-state index contributed by atoms with van der Waals surface area (Å²) in [6, 6.07) is 7.89. The van der Waals surface area contributed by atoms with E-state index in [2.05, 4.69) is 4.98 Å². The Bertz CT molecular complexity index is 465. The predicted molar refractivity (Wildman–Crippen MR) is 59.5 cm³/mol. The van der Waals surface area contributed by atoms with Crippen LogP contribution >= 0.6 is 11.3 Å². The second-order valence-electron chi connectivity index (χ2n) is 3.27. The Balaban J connectivity index is 2.42. The third-order valence-corrected chi connectivity index (χ3v) is 3.06. The number of nitrogens with zero attached hydrogens (tertiary/aromatic N) is 1. The van der Waals surface area contributed by atoms with Gasteiger partial charge in [0.25, 0.3) is 0 Å². The molecule has 0 unspecified atom stereocenters. The van der Waals surface area contributed by atoms with Crippen molar-refractivity contribution in [2.24, 2.45) is 0 Å². The third kappa shape index (κ3) is 2.07. The molecule has 0 spiro atoms. The van der Waals surface area contributed by atoms with Crippen LogP contribution < -0.4 is 0 Å². The minimum absolute atomic E-state index is 0.304. The number of aliphatic hydroxyl groups excluding tert-OH is 1. The minimum Gasteiger partial charge on any atom is -0.363 e. The molecule has 0 aliphatic carbocycles. The van der Waals surface area contributed by atoms with Crippen molar-refractivity contribution in [3.63, 3.8) is 0 Å². The van der Waals surface area contributed by atoms with Gasteiger partial charge in [0, 0.05) is 10.9 Å². The number of aryl methyl sites for hydroxylation is 1. The first-order valence-corrected chi connectivity index (χ1v) is 5.44. The van der Waals surface area contributed by atoms with Gasteiger partial charge in [-0.05, 0) is 12.5 Å². The van der Waals surface area contributed by atoms with Crippen molar-refractivity contribution in [1.82, 2.24) is 4.98 Å². The molecule has 2 aromatic rings. The van der Waals surface area contributed by atoms with Gasteiger partial charge in [0.1, 0.15) is 10.7 Å². The zero-order valence-electron chi connectivity index (χ0n) is 8.21. The van der Waals surface area contributed by atoms with Gasteiger partial charge in [-0.3, -0.25) is 0 Å². The van der Waals surface area contributed by atoms with Gasteiger partial charge in [0.15, 0.2) is 6.29 Å². The first kappa shape index (κ1) is 10.3. The Kier molecular flexibility index (Phi) is 2.81. The first-order valence-electron chi connectivity index (χ1n) is 4.56. The fourth-order valence-electron chi connectivity index (χ4n) is 1.34. The third-order valence-electron chi connectivity index (χ3n) is 2.16. The zero-order valence-corrected chi connectivity index (χ0v) is 9.03. The molecule has 0 amide bonds. The normalized spacial score (nSPS) is 10.9. The van der Waals surface area contributed by atoms with Gasteiger partial charge in [0.05, 0.1) is 0 Å². The van der Waals surface area contributed by atoms with Gasteiger partial charge < -0.3 is 10.2 Å². The Morgan fingerprint density at radius 3 is 2.60 bits per heavy atom. The topological polar surface area (TPSA) is 53.4 Å². The second-order valence-corrected chi connectivity index (χ2v) is 4.12. The molecule has 4 heteroatoms. The van der Waals surface area contributed by atoms with Crippen LogP contribution in [0.5, 0.6) is 0 Å². The average molecular weight is 221 g/mol. The molecule has 78 valence electrons. The molecule has 2 N–H and O–H groups in total. The van der Waals surface area contributed by atoms with E-state index < -0.39 is 6.29 Å². The van der Waals surface area contributed by atoms with E-state index in [-0.39, 0.29) is 0 Å². The smallest absolute Gasteiger partial charge is 0.196 e. The highest BCUT2D eigenvalue weighted by Crippen LogP contribution is 2.27. The molecule has 1 aromatic carbocycles. The molecule has 0 atom stereocenters. The predicted octanol–water partition coefficient (Wildman–Crippen LogP) is 2.10. The monoisotopic (exact) mass is 221 g/mol. The maximum absolute atomic E-state index is 8.95. The SMILES string of the molecule is Cc1ccccc1-c1nc(C(O)O)cs1. The summed E-state index contributed by atoms with van der Waals surface area (Å²) in [6.45, 7) is 2.01. The Labute approximate surface area is 91.7 Å². The van der Waals surface area contributed by atoms with Crippen LogP contribution in [0, 0.1) is 6.92 Å². The number of hydrogen-bond acceptors (Lipinski definition) is 4. The van der Waals surface area contributed by atoms with Crippen LogP contribution in [0.15, 0.2) is 29.6 Å². The number of aromatic nitrogens is 1. The van der Waals surface area contributed by atoms with Crippen LogP contribution in [0.2, 0.25) is 0 Å². The van der Waals surface area contributed by atoms with Crippen LogP contribution in [0.1, 0.15) is 17.5 Å². The Morgan fingerprint density at radius 2 is 2.00 bits per heavy atom. The van der Waals surface area contributed by atoms with E-state index in [0.29, 0.717) is 5.69 Å². The zero-order chi connectivity index (χ0) is 10.8. The van der Waals surface area contributed by atoms with Crippen LogP contribution in [0.4, 0.5) is 0 Å². The number of hydrogen-bond donors (Lipinski definition) is 2. The molecule has 0 fully saturated rings. The highest BCUT2D eigenvalue weighted by atomic mass is 32.1. The molecule has 1 aromatic heterocycles. The quantitative estimate of drug-likeness (QED) is 0.763. The molecule has 0 saturated heterocycles. The lowest BCUT2D eigenvalue weighted by Gasteiger charge is -2.00. The van der Waals surface area contributed by atoms with Crippen molar-refractivity contribution in [3.8, 4) is 10.6 Å². The summed E-state index contributed by atoms with van der Waals surface area (Å²) in [4.78, 5) is 4.16. The van der Waals surface area contributed by atoms with Gasteiger partial charge in [0.2, 0.25) is 0 Å². The van der Waals surface area contributed by atoms with Gasteiger partial charge in [-0.2, -0.15) is 0 Å². The molecule has 0 aliphatic rings. The Morgan fingerprint density at radius 1 is 1.27 bits per heavy atom. The summed E-state index contributed by atoms with van der Waals surface area (Å²) >= 11 is 1.41. The van der Waals surface area contributed by atoms with Gasteiger partial charge in [-0.1, -0.05) is 24.3 Å². The lowest BCUT2D eigenvalue weighted by molar-refractivity contribution is -0.0453. The van der Waals surface area contributed by atoms with Crippen molar-refractivity contribution >= 4 is 11.3 Å². The summed E-state index contributed by atoms with van der Waals surface area (Å²) < 4.78 is 0. The van der Waals surface area contributed by atoms with Gasteiger partial charge in [-0.25, -0.2) is 4.98 Å².